The summed E-state index contributed by atoms with van der Waals surface area (Å²) in [5, 5.41) is 5.05. The molecule has 198 valence electrons. The maximum Gasteiger partial charge on any atom is 0.338 e. The molecule has 0 aliphatic heterocycles. The van der Waals surface area contributed by atoms with E-state index in [0.717, 1.165) is 11.3 Å². The molecule has 0 bridgehead atoms. The average Bonchev–Trinajstić information content (AvgIpc) is 3.79. The molecule has 1 unspecified atom stereocenters. The fourth-order valence-corrected chi connectivity index (χ4v) is 4.85. The quantitative estimate of drug-likeness (QED) is 0.204. The molecular formula is C30H22N4O5S. The molecule has 4 aromatic heterocycles. The Bertz CT molecular complexity index is 1780. The number of carbonyl (C=O) groups is 2. The van der Waals surface area contributed by atoms with Crippen LogP contribution in [0.25, 0.3) is 45.2 Å². The summed E-state index contributed by atoms with van der Waals surface area (Å²) < 4.78 is 16.7. The van der Waals surface area contributed by atoms with Gasteiger partial charge in [0.05, 0.1) is 34.8 Å². The van der Waals surface area contributed by atoms with Crippen LogP contribution in [0.5, 0.6) is 0 Å². The first-order valence-electron chi connectivity index (χ1n) is 12.5. The number of ether oxygens (including phenoxy) is 1. The number of anilines is 1. The smallest absolute Gasteiger partial charge is 0.338 e. The second-order valence-electron chi connectivity index (χ2n) is 8.77. The van der Waals surface area contributed by atoms with Crippen molar-refractivity contribution in [2.75, 3.05) is 5.32 Å². The fraction of sp³-hybridized carbons (Fsp3) is 0.100. The third-order valence-corrected chi connectivity index (χ3v) is 6.88. The molecule has 0 radical (unpaired) electrons. The van der Waals surface area contributed by atoms with Gasteiger partial charge < -0.3 is 13.6 Å². The number of hydrogen-bond donors (Lipinski definition) is 1. The highest BCUT2D eigenvalue weighted by Crippen LogP contribution is 2.32. The normalized spacial score (nSPS) is 11.8. The maximum absolute atomic E-state index is 13.1. The number of benzene rings is 2. The Morgan fingerprint density at radius 1 is 0.875 bits per heavy atom. The van der Waals surface area contributed by atoms with Crippen LogP contribution in [0.2, 0.25) is 0 Å². The first-order valence-corrected chi connectivity index (χ1v) is 13.4. The van der Waals surface area contributed by atoms with Crippen LogP contribution in [0, 0.1) is 0 Å². The number of fused-ring (bicyclic) bond motifs is 1. The van der Waals surface area contributed by atoms with Crippen molar-refractivity contribution < 1.29 is 23.2 Å². The van der Waals surface area contributed by atoms with Gasteiger partial charge in [0.1, 0.15) is 11.4 Å². The van der Waals surface area contributed by atoms with Gasteiger partial charge in [-0.25, -0.2) is 19.7 Å². The molecule has 10 heteroatoms. The van der Waals surface area contributed by atoms with Gasteiger partial charge in [-0.3, -0.25) is 10.1 Å². The molecule has 0 saturated carbocycles. The monoisotopic (exact) mass is 550 g/mol. The number of carbonyl (C=O) groups excluding carboxylic acids is 2. The molecule has 1 atom stereocenters. The molecule has 2 aromatic carbocycles. The zero-order valence-corrected chi connectivity index (χ0v) is 22.1. The highest BCUT2D eigenvalue weighted by atomic mass is 32.1. The highest BCUT2D eigenvalue weighted by Gasteiger charge is 2.24. The Hall–Kier alpha value is -5.09. The van der Waals surface area contributed by atoms with Crippen LogP contribution in [0.15, 0.2) is 99.5 Å². The molecule has 9 nitrogen and oxygen atoms in total. The molecule has 40 heavy (non-hydrogen) atoms. The van der Waals surface area contributed by atoms with Crippen LogP contribution in [0.4, 0.5) is 5.13 Å². The van der Waals surface area contributed by atoms with E-state index in [1.807, 2.05) is 35.7 Å². The third-order valence-electron chi connectivity index (χ3n) is 6.13. The second kappa shape index (κ2) is 11.0. The molecule has 0 aliphatic rings. The molecule has 0 aliphatic carbocycles. The summed E-state index contributed by atoms with van der Waals surface area (Å²) in [6.07, 6.45) is 2.39. The predicted molar refractivity (Wildman–Crippen MR) is 151 cm³/mol. The molecule has 0 fully saturated rings. The first kappa shape index (κ1) is 25.2. The third kappa shape index (κ3) is 5.12. The van der Waals surface area contributed by atoms with E-state index in [-0.39, 0.29) is 12.0 Å². The Kier molecular flexibility index (Phi) is 6.90. The van der Waals surface area contributed by atoms with Crippen LogP contribution >= 0.6 is 11.3 Å². The van der Waals surface area contributed by atoms with Gasteiger partial charge >= 0.3 is 5.97 Å². The standard InChI is InChI=1S/C30H22N4O5S/c1-2-23(28(35)34-30-33-22(17-40-30)18-8-4-3-5-9-18)39-29(36)19-12-13-20-21(16-19)32-27(25-11-7-15-38-25)26(31-20)24-10-6-14-37-24/h3-17,23H,2H2,1H3,(H,33,34,35). The van der Waals surface area contributed by atoms with Crippen LogP contribution in [-0.4, -0.2) is 32.9 Å². The van der Waals surface area contributed by atoms with E-state index in [1.165, 1.54) is 11.3 Å². The van der Waals surface area contributed by atoms with Crippen molar-refractivity contribution in [1.82, 2.24) is 15.0 Å². The summed E-state index contributed by atoms with van der Waals surface area (Å²) in [5.74, 6) is -0.0515. The number of hydrogen-bond acceptors (Lipinski definition) is 9. The van der Waals surface area contributed by atoms with E-state index in [0.29, 0.717) is 39.1 Å². The minimum absolute atomic E-state index is 0.241. The largest absolute Gasteiger partial charge is 0.463 e. The lowest BCUT2D eigenvalue weighted by atomic mass is 10.1. The zero-order chi connectivity index (χ0) is 27.5. The van der Waals surface area contributed by atoms with Crippen molar-refractivity contribution in [3.8, 4) is 34.2 Å². The zero-order valence-electron chi connectivity index (χ0n) is 21.2. The van der Waals surface area contributed by atoms with Crippen molar-refractivity contribution >= 4 is 39.4 Å². The fourth-order valence-electron chi connectivity index (χ4n) is 4.13. The van der Waals surface area contributed by atoms with Crippen LogP contribution in [-0.2, 0) is 9.53 Å². The van der Waals surface area contributed by atoms with Crippen molar-refractivity contribution in [1.29, 1.82) is 0 Å². The van der Waals surface area contributed by atoms with Crippen molar-refractivity contribution in [2.45, 2.75) is 19.4 Å². The molecule has 6 rings (SSSR count). The number of aromatic nitrogens is 3. The Morgan fingerprint density at radius 3 is 2.23 bits per heavy atom. The van der Waals surface area contributed by atoms with E-state index in [9.17, 15) is 9.59 Å². The molecule has 6 aromatic rings. The molecular weight excluding hydrogens is 528 g/mol. The van der Waals surface area contributed by atoms with Gasteiger partial charge in [0.2, 0.25) is 0 Å². The molecule has 1 N–H and O–H groups in total. The topological polar surface area (TPSA) is 120 Å². The number of nitrogens with zero attached hydrogens (tertiary/aromatic N) is 3. The number of thiazole rings is 1. The SMILES string of the molecule is CCC(OC(=O)c1ccc2nc(-c3ccco3)c(-c3ccco3)nc2c1)C(=O)Nc1nc(-c2ccccc2)cs1. The van der Waals surface area contributed by atoms with Crippen LogP contribution < -0.4 is 5.32 Å². The number of furan rings is 2. The second-order valence-corrected chi connectivity index (χ2v) is 9.63. The Balaban J connectivity index is 1.21. The molecule has 1 amide bonds. The Labute approximate surface area is 232 Å². The number of esters is 1. The van der Waals surface area contributed by atoms with E-state index in [1.54, 1.807) is 61.9 Å². The molecule has 0 spiro atoms. The molecule has 0 saturated heterocycles. The molecule has 4 heterocycles. The van der Waals surface area contributed by atoms with E-state index in [4.69, 9.17) is 23.5 Å². The number of amides is 1. The van der Waals surface area contributed by atoms with Crippen LogP contribution in [0.1, 0.15) is 23.7 Å². The van der Waals surface area contributed by atoms with Crippen molar-refractivity contribution in [3.05, 3.63) is 96.3 Å². The Morgan fingerprint density at radius 2 is 1.57 bits per heavy atom. The summed E-state index contributed by atoms with van der Waals surface area (Å²) in [4.78, 5) is 39.9. The van der Waals surface area contributed by atoms with E-state index < -0.39 is 18.0 Å². The summed E-state index contributed by atoms with van der Waals surface area (Å²) in [6.45, 7) is 1.77. The number of rotatable bonds is 8. The maximum atomic E-state index is 13.1. The lowest BCUT2D eigenvalue weighted by Gasteiger charge is -2.15. The predicted octanol–water partition coefficient (Wildman–Crippen LogP) is 6.85. The lowest BCUT2D eigenvalue weighted by Crippen LogP contribution is -2.32. The van der Waals surface area contributed by atoms with Gasteiger partial charge in [0.25, 0.3) is 5.91 Å². The average molecular weight is 551 g/mol. The summed E-state index contributed by atoms with van der Waals surface area (Å²) >= 11 is 1.30. The van der Waals surface area contributed by atoms with Gasteiger partial charge in [-0.1, -0.05) is 37.3 Å². The minimum Gasteiger partial charge on any atom is -0.463 e. The summed E-state index contributed by atoms with van der Waals surface area (Å²) in [5.41, 5.74) is 3.96. The van der Waals surface area contributed by atoms with Gasteiger partial charge in [-0.2, -0.15) is 0 Å². The summed E-state index contributed by atoms with van der Waals surface area (Å²) in [7, 11) is 0. The number of nitrogens with one attached hydrogen (secondary N) is 1. The van der Waals surface area contributed by atoms with Crippen LogP contribution in [0.3, 0.4) is 0 Å². The minimum atomic E-state index is -1.00. The van der Waals surface area contributed by atoms with E-state index >= 15 is 0 Å². The lowest BCUT2D eigenvalue weighted by molar-refractivity contribution is -0.124. The van der Waals surface area contributed by atoms with E-state index in [2.05, 4.69) is 10.3 Å². The first-order chi connectivity index (χ1) is 19.6. The van der Waals surface area contributed by atoms with Gasteiger partial charge in [0.15, 0.2) is 22.8 Å². The summed E-state index contributed by atoms with van der Waals surface area (Å²) in [6, 6.07) is 21.6. The van der Waals surface area contributed by atoms with Crippen molar-refractivity contribution in [2.24, 2.45) is 0 Å². The van der Waals surface area contributed by atoms with Gasteiger partial charge in [-0.15, -0.1) is 11.3 Å². The van der Waals surface area contributed by atoms with Gasteiger partial charge in [-0.05, 0) is 48.9 Å². The highest BCUT2D eigenvalue weighted by molar-refractivity contribution is 7.14. The van der Waals surface area contributed by atoms with Crippen molar-refractivity contribution in [3.63, 3.8) is 0 Å². The van der Waals surface area contributed by atoms with Gasteiger partial charge in [0, 0.05) is 10.9 Å².